The number of nitrogen functional groups attached to an aromatic ring is 1. The molecule has 9 nitrogen and oxygen atoms in total. The second-order valence-electron chi connectivity index (χ2n) is 8.11. The largest absolute Gasteiger partial charge is 0.433 e. The van der Waals surface area contributed by atoms with Crippen LogP contribution in [0.4, 0.5) is 24.8 Å². The first-order valence-electron chi connectivity index (χ1n) is 10.9. The Morgan fingerprint density at radius 2 is 2.00 bits per heavy atom. The highest BCUT2D eigenvalue weighted by Gasteiger charge is 2.33. The molecule has 0 aromatic carbocycles. The molecule has 3 aromatic rings. The number of nitrogens with zero attached hydrogens (tertiary/aromatic N) is 6. The highest BCUT2D eigenvalue weighted by Crippen LogP contribution is 2.34. The maximum absolute atomic E-state index is 13.1. The summed E-state index contributed by atoms with van der Waals surface area (Å²) in [5.74, 6) is 1.89. The average molecular weight is 474 g/mol. The Labute approximate surface area is 194 Å². The van der Waals surface area contributed by atoms with Gasteiger partial charge in [0.05, 0.1) is 11.3 Å². The third-order valence-corrected chi connectivity index (χ3v) is 5.95. The van der Waals surface area contributed by atoms with Crippen LogP contribution in [-0.4, -0.2) is 57.4 Å². The first kappa shape index (κ1) is 23.6. The molecule has 4 rings (SSSR count). The van der Waals surface area contributed by atoms with Gasteiger partial charge in [0, 0.05) is 56.3 Å². The smallest absolute Gasteiger partial charge is 0.383 e. The number of alkyl halides is 3. The van der Waals surface area contributed by atoms with E-state index in [4.69, 9.17) is 16.1 Å². The fraction of sp³-hybridized carbons (Fsp3) is 0.409. The highest BCUT2D eigenvalue weighted by molar-refractivity contribution is 5.90. The molecule has 12 heteroatoms. The van der Waals surface area contributed by atoms with Gasteiger partial charge in [0.15, 0.2) is 0 Å². The topological polar surface area (TPSA) is 122 Å². The lowest BCUT2D eigenvalue weighted by atomic mass is 9.95. The average Bonchev–Trinajstić information content (AvgIpc) is 3.26. The van der Waals surface area contributed by atoms with Crippen molar-refractivity contribution >= 4 is 17.9 Å². The highest BCUT2D eigenvalue weighted by atomic mass is 19.4. The van der Waals surface area contributed by atoms with Crippen LogP contribution in [0.2, 0.25) is 0 Å². The van der Waals surface area contributed by atoms with E-state index in [0.717, 1.165) is 37.1 Å². The van der Waals surface area contributed by atoms with E-state index >= 15 is 0 Å². The van der Waals surface area contributed by atoms with Gasteiger partial charge in [0.25, 0.3) is 0 Å². The summed E-state index contributed by atoms with van der Waals surface area (Å²) in [5.41, 5.74) is 6.34. The van der Waals surface area contributed by atoms with E-state index in [9.17, 15) is 13.2 Å². The fourth-order valence-corrected chi connectivity index (χ4v) is 4.19. The molecule has 0 bridgehead atoms. The molecule has 0 aliphatic carbocycles. The maximum atomic E-state index is 13.1. The van der Waals surface area contributed by atoms with E-state index < -0.39 is 11.9 Å². The van der Waals surface area contributed by atoms with Crippen molar-refractivity contribution in [2.24, 2.45) is 0 Å². The molecule has 1 fully saturated rings. The van der Waals surface area contributed by atoms with E-state index in [2.05, 4.69) is 25.2 Å². The number of rotatable bonds is 7. The predicted molar refractivity (Wildman–Crippen MR) is 123 cm³/mol. The van der Waals surface area contributed by atoms with Crippen LogP contribution >= 0.6 is 0 Å². The maximum Gasteiger partial charge on any atom is 0.433 e. The Balaban J connectivity index is 1.58. The monoisotopic (exact) mass is 473 g/mol. The van der Waals surface area contributed by atoms with Gasteiger partial charge < -0.3 is 25.9 Å². The number of anilines is 2. The number of imidazole rings is 1. The van der Waals surface area contributed by atoms with Crippen LogP contribution < -0.4 is 16.0 Å². The summed E-state index contributed by atoms with van der Waals surface area (Å²) in [5, 5.41) is 10.8. The van der Waals surface area contributed by atoms with Crippen molar-refractivity contribution in [3.8, 4) is 11.3 Å². The number of aromatic nitrogens is 5. The molecule has 180 valence electrons. The molecule has 1 saturated heterocycles. The summed E-state index contributed by atoms with van der Waals surface area (Å²) in [4.78, 5) is 18.6. The zero-order valence-corrected chi connectivity index (χ0v) is 18.7. The zero-order valence-electron chi connectivity index (χ0n) is 18.7. The molecule has 1 aliphatic heterocycles. The lowest BCUT2D eigenvalue weighted by Crippen LogP contribution is -2.35. The van der Waals surface area contributed by atoms with Crippen molar-refractivity contribution in [2.75, 3.05) is 37.3 Å². The molecule has 0 atom stereocenters. The van der Waals surface area contributed by atoms with Crippen molar-refractivity contribution in [2.45, 2.75) is 31.5 Å². The SMILES string of the molecule is CNCCn1cc(-c2ccnc(C(F)(F)F)c2)nc1C1CCN(c2ncnc(N)c2C=N)CC1. The molecule has 0 amide bonds. The Hall–Kier alpha value is -3.54. The van der Waals surface area contributed by atoms with Gasteiger partial charge in [-0.05, 0) is 32.0 Å². The molecule has 34 heavy (non-hydrogen) atoms. The second-order valence-corrected chi connectivity index (χ2v) is 8.11. The quantitative estimate of drug-likeness (QED) is 0.451. The van der Waals surface area contributed by atoms with Crippen LogP contribution in [0.3, 0.4) is 0 Å². The number of pyridine rings is 1. The predicted octanol–water partition coefficient (Wildman–Crippen LogP) is 2.94. The van der Waals surface area contributed by atoms with Crippen LogP contribution in [0, 0.1) is 5.41 Å². The third kappa shape index (κ3) is 4.86. The van der Waals surface area contributed by atoms with Crippen molar-refractivity contribution < 1.29 is 13.2 Å². The van der Waals surface area contributed by atoms with Crippen molar-refractivity contribution in [3.63, 3.8) is 0 Å². The number of hydrogen-bond donors (Lipinski definition) is 3. The molecule has 0 spiro atoms. The van der Waals surface area contributed by atoms with Gasteiger partial charge in [-0.1, -0.05) is 0 Å². The van der Waals surface area contributed by atoms with Crippen LogP contribution in [0.25, 0.3) is 11.3 Å². The fourth-order valence-electron chi connectivity index (χ4n) is 4.19. The van der Waals surface area contributed by atoms with Gasteiger partial charge in [0.2, 0.25) is 0 Å². The molecule has 1 aliphatic rings. The van der Waals surface area contributed by atoms with Crippen molar-refractivity contribution in [3.05, 3.63) is 47.9 Å². The summed E-state index contributed by atoms with van der Waals surface area (Å²) < 4.78 is 41.5. The minimum absolute atomic E-state index is 0.133. The Morgan fingerprint density at radius 3 is 2.68 bits per heavy atom. The van der Waals surface area contributed by atoms with Crippen LogP contribution in [-0.2, 0) is 12.7 Å². The summed E-state index contributed by atoms with van der Waals surface area (Å²) in [7, 11) is 1.85. The number of halogens is 3. The number of likely N-dealkylation sites (N-methyl/N-ethyl adjacent to an activating group) is 1. The molecular weight excluding hydrogens is 447 g/mol. The molecule has 3 aromatic heterocycles. The number of hydrogen-bond acceptors (Lipinski definition) is 8. The minimum atomic E-state index is -4.51. The molecule has 4 N–H and O–H groups in total. The van der Waals surface area contributed by atoms with Crippen LogP contribution in [0.5, 0.6) is 0 Å². The molecule has 4 heterocycles. The van der Waals surface area contributed by atoms with Gasteiger partial charge in [-0.25, -0.2) is 15.0 Å². The third-order valence-electron chi connectivity index (χ3n) is 5.95. The molecule has 0 unspecified atom stereocenters. The molecule has 0 saturated carbocycles. The summed E-state index contributed by atoms with van der Waals surface area (Å²) >= 11 is 0. The number of piperidine rings is 1. The number of nitrogens with one attached hydrogen (secondary N) is 2. The van der Waals surface area contributed by atoms with E-state index in [1.807, 2.05) is 17.8 Å². The molecular formula is C22H26F3N9. The van der Waals surface area contributed by atoms with Gasteiger partial charge in [-0.3, -0.25) is 4.98 Å². The Kier molecular flexibility index (Phi) is 6.77. The van der Waals surface area contributed by atoms with Gasteiger partial charge >= 0.3 is 6.18 Å². The molecule has 0 radical (unpaired) electrons. The van der Waals surface area contributed by atoms with E-state index in [-0.39, 0.29) is 11.7 Å². The van der Waals surface area contributed by atoms with Crippen molar-refractivity contribution in [1.29, 1.82) is 5.41 Å². The summed E-state index contributed by atoms with van der Waals surface area (Å²) in [6.07, 6.45) is 2.58. The summed E-state index contributed by atoms with van der Waals surface area (Å²) in [6.45, 7) is 2.72. The van der Waals surface area contributed by atoms with E-state index in [0.29, 0.717) is 48.8 Å². The van der Waals surface area contributed by atoms with E-state index in [1.165, 1.54) is 6.33 Å². The lowest BCUT2D eigenvalue weighted by Gasteiger charge is -2.33. The van der Waals surface area contributed by atoms with Crippen LogP contribution in [0.1, 0.15) is 35.8 Å². The lowest BCUT2D eigenvalue weighted by molar-refractivity contribution is -0.141. The standard InChI is InChI=1S/C22H26F3N9/c1-28-6-9-34-12-17(15-2-5-29-18(10-15)22(23,24)25)32-20(34)14-3-7-33(8-4-14)21-16(11-26)19(27)30-13-31-21/h2,5,10-14,26,28H,3-4,6-9H2,1H3,(H2,27,30,31). The minimum Gasteiger partial charge on any atom is -0.383 e. The Bertz CT molecular complexity index is 1150. The second kappa shape index (κ2) is 9.75. The van der Waals surface area contributed by atoms with E-state index in [1.54, 1.807) is 6.07 Å². The van der Waals surface area contributed by atoms with Gasteiger partial charge in [-0.2, -0.15) is 13.2 Å². The summed E-state index contributed by atoms with van der Waals surface area (Å²) in [6, 6.07) is 2.58. The normalized spacial score (nSPS) is 15.0. The van der Waals surface area contributed by atoms with Gasteiger partial charge in [0.1, 0.15) is 29.5 Å². The van der Waals surface area contributed by atoms with Crippen molar-refractivity contribution in [1.82, 2.24) is 29.8 Å². The van der Waals surface area contributed by atoms with Gasteiger partial charge in [-0.15, -0.1) is 0 Å². The van der Waals surface area contributed by atoms with Crippen LogP contribution in [0.15, 0.2) is 30.9 Å². The number of nitrogens with two attached hydrogens (primary N) is 1. The zero-order chi connectivity index (χ0) is 24.3. The first-order chi connectivity index (χ1) is 16.3. The first-order valence-corrected chi connectivity index (χ1v) is 10.9. The Morgan fingerprint density at radius 1 is 1.24 bits per heavy atom.